The van der Waals surface area contributed by atoms with Gasteiger partial charge < -0.3 is 5.32 Å². The molecule has 1 aliphatic rings. The summed E-state index contributed by atoms with van der Waals surface area (Å²) in [5.74, 6) is 0.462. The molecule has 0 unspecified atom stereocenters. The number of nitrogens with zero attached hydrogens (tertiary/aromatic N) is 1. The van der Waals surface area contributed by atoms with E-state index in [1.165, 1.54) is 17.2 Å². The average Bonchev–Trinajstić information content (AvgIpc) is 2.62. The van der Waals surface area contributed by atoms with Crippen LogP contribution in [0.15, 0.2) is 70.3 Å². The lowest BCUT2D eigenvalue weighted by atomic mass is 9.88. The first-order chi connectivity index (χ1) is 12.2. The van der Waals surface area contributed by atoms with Crippen LogP contribution < -0.4 is 16.6 Å². The average molecular weight is 333 g/mol. The van der Waals surface area contributed by atoms with Crippen molar-refractivity contribution in [1.29, 1.82) is 0 Å². The number of aromatic nitrogens is 2. The molecule has 0 bridgehead atoms. The van der Waals surface area contributed by atoms with Gasteiger partial charge in [0.05, 0.1) is 11.7 Å². The first kappa shape index (κ1) is 15.4. The topological polar surface area (TPSA) is 66.9 Å². The van der Waals surface area contributed by atoms with Gasteiger partial charge in [-0.15, -0.1) is 0 Å². The largest absolute Gasteiger partial charge is 0.365 e. The number of hydrogen-bond donors (Lipinski definition) is 2. The van der Waals surface area contributed by atoms with E-state index >= 15 is 0 Å². The molecule has 25 heavy (non-hydrogen) atoms. The number of aromatic amines is 1. The normalized spacial score (nSPS) is 16.2. The van der Waals surface area contributed by atoms with Crippen LogP contribution in [-0.2, 0) is 6.42 Å². The van der Waals surface area contributed by atoms with E-state index < -0.39 is 5.69 Å². The molecule has 1 atom stereocenters. The van der Waals surface area contributed by atoms with Crippen LogP contribution in [0.5, 0.6) is 0 Å². The SMILES string of the molecule is O=c1cc(N[C@H]2CCCc3ccccc32)[nH]c(=O)n1-c1ccccc1. The second-order valence-electron chi connectivity index (χ2n) is 6.29. The molecular weight excluding hydrogens is 314 g/mol. The second-order valence-corrected chi connectivity index (χ2v) is 6.29. The first-order valence-electron chi connectivity index (χ1n) is 8.48. The molecule has 0 radical (unpaired) electrons. The molecule has 2 aromatic carbocycles. The number of H-pyrrole nitrogens is 1. The Kier molecular flexibility index (Phi) is 3.98. The van der Waals surface area contributed by atoms with Crippen molar-refractivity contribution < 1.29 is 0 Å². The van der Waals surface area contributed by atoms with E-state index in [4.69, 9.17) is 0 Å². The zero-order chi connectivity index (χ0) is 17.2. The standard InChI is InChI=1S/C20H19N3O2/c24-19-13-18(22-20(25)23(19)15-9-2-1-3-10-15)21-17-12-6-8-14-7-4-5-11-16(14)17/h1-5,7,9-11,13,17,21H,6,8,12H2,(H,22,25)/t17-/m0/s1. The Morgan fingerprint density at radius 3 is 2.56 bits per heavy atom. The number of aryl methyl sites for hydroxylation is 1. The monoisotopic (exact) mass is 333 g/mol. The van der Waals surface area contributed by atoms with Gasteiger partial charge in [0, 0.05) is 6.07 Å². The minimum atomic E-state index is -0.440. The van der Waals surface area contributed by atoms with Crippen LogP contribution in [0.25, 0.3) is 5.69 Å². The summed E-state index contributed by atoms with van der Waals surface area (Å²) in [7, 11) is 0. The van der Waals surface area contributed by atoms with Gasteiger partial charge in [-0.1, -0.05) is 42.5 Å². The van der Waals surface area contributed by atoms with E-state index in [0.717, 1.165) is 23.8 Å². The third-order valence-corrected chi connectivity index (χ3v) is 4.65. The van der Waals surface area contributed by atoms with Crippen LogP contribution in [0.2, 0.25) is 0 Å². The quantitative estimate of drug-likeness (QED) is 0.774. The highest BCUT2D eigenvalue weighted by Crippen LogP contribution is 2.31. The molecule has 0 spiro atoms. The van der Waals surface area contributed by atoms with Crippen LogP contribution in [-0.4, -0.2) is 9.55 Å². The van der Waals surface area contributed by atoms with Crippen molar-refractivity contribution in [3.05, 3.63) is 92.6 Å². The molecule has 0 aliphatic heterocycles. The van der Waals surface area contributed by atoms with Crippen LogP contribution in [0.4, 0.5) is 5.82 Å². The summed E-state index contributed by atoms with van der Waals surface area (Å²) in [6.07, 6.45) is 3.13. The number of fused-ring (bicyclic) bond motifs is 1. The molecule has 0 fully saturated rings. The Balaban J connectivity index is 1.68. The highest BCUT2D eigenvalue weighted by molar-refractivity contribution is 5.42. The van der Waals surface area contributed by atoms with Crippen molar-refractivity contribution in [2.75, 3.05) is 5.32 Å². The molecule has 1 heterocycles. The summed E-state index contributed by atoms with van der Waals surface area (Å²) in [4.78, 5) is 27.7. The molecule has 5 nitrogen and oxygen atoms in total. The van der Waals surface area contributed by atoms with E-state index in [-0.39, 0.29) is 11.6 Å². The molecule has 2 N–H and O–H groups in total. The van der Waals surface area contributed by atoms with Crippen LogP contribution >= 0.6 is 0 Å². The maximum absolute atomic E-state index is 12.5. The zero-order valence-electron chi connectivity index (χ0n) is 13.7. The van der Waals surface area contributed by atoms with Crippen molar-refractivity contribution in [2.45, 2.75) is 25.3 Å². The molecule has 5 heteroatoms. The van der Waals surface area contributed by atoms with Gasteiger partial charge in [-0.2, -0.15) is 0 Å². The fourth-order valence-electron chi connectivity index (χ4n) is 3.49. The van der Waals surface area contributed by atoms with Gasteiger partial charge in [0.15, 0.2) is 0 Å². The Morgan fingerprint density at radius 1 is 1.00 bits per heavy atom. The summed E-state index contributed by atoms with van der Waals surface area (Å²) in [5, 5.41) is 3.33. The van der Waals surface area contributed by atoms with Crippen LogP contribution in [0, 0.1) is 0 Å². The predicted molar refractivity (Wildman–Crippen MR) is 98.4 cm³/mol. The lowest BCUT2D eigenvalue weighted by Crippen LogP contribution is -2.34. The number of nitrogens with one attached hydrogen (secondary N) is 2. The van der Waals surface area contributed by atoms with Gasteiger partial charge in [-0.3, -0.25) is 9.78 Å². The minimum Gasteiger partial charge on any atom is -0.365 e. The summed E-state index contributed by atoms with van der Waals surface area (Å²) < 4.78 is 1.14. The maximum atomic E-state index is 12.5. The Bertz CT molecular complexity index is 974. The fraction of sp³-hybridized carbons (Fsp3) is 0.200. The number of rotatable bonds is 3. The van der Waals surface area contributed by atoms with E-state index in [0.29, 0.717) is 11.5 Å². The van der Waals surface area contributed by atoms with Gasteiger partial charge in [-0.05, 0) is 42.5 Å². The minimum absolute atomic E-state index is 0.104. The van der Waals surface area contributed by atoms with E-state index in [2.05, 4.69) is 22.4 Å². The van der Waals surface area contributed by atoms with Crippen molar-refractivity contribution in [2.24, 2.45) is 0 Å². The third-order valence-electron chi connectivity index (χ3n) is 4.65. The fourth-order valence-corrected chi connectivity index (χ4v) is 3.49. The highest BCUT2D eigenvalue weighted by atomic mass is 16.2. The lowest BCUT2D eigenvalue weighted by Gasteiger charge is -2.27. The molecule has 1 aromatic heterocycles. The predicted octanol–water partition coefficient (Wildman–Crippen LogP) is 3.02. The highest BCUT2D eigenvalue weighted by Gasteiger charge is 2.20. The molecule has 4 rings (SSSR count). The van der Waals surface area contributed by atoms with Crippen molar-refractivity contribution in [1.82, 2.24) is 9.55 Å². The molecular formula is C20H19N3O2. The van der Waals surface area contributed by atoms with Gasteiger partial charge in [0.25, 0.3) is 5.56 Å². The summed E-state index contributed by atoms with van der Waals surface area (Å²) in [6.45, 7) is 0. The van der Waals surface area contributed by atoms with E-state index in [9.17, 15) is 9.59 Å². The summed E-state index contributed by atoms with van der Waals surface area (Å²) >= 11 is 0. The second kappa shape index (κ2) is 6.43. The van der Waals surface area contributed by atoms with Crippen molar-refractivity contribution >= 4 is 5.82 Å². The van der Waals surface area contributed by atoms with Crippen molar-refractivity contribution in [3.8, 4) is 5.69 Å². The lowest BCUT2D eigenvalue weighted by molar-refractivity contribution is 0.597. The molecule has 0 saturated heterocycles. The molecule has 0 saturated carbocycles. The Hall–Kier alpha value is -3.08. The smallest absolute Gasteiger partial charge is 0.334 e. The first-order valence-corrected chi connectivity index (χ1v) is 8.48. The summed E-state index contributed by atoms with van der Waals surface area (Å²) in [5.41, 5.74) is 2.34. The maximum Gasteiger partial charge on any atom is 0.334 e. The van der Waals surface area contributed by atoms with Gasteiger partial charge >= 0.3 is 5.69 Å². The van der Waals surface area contributed by atoms with Gasteiger partial charge in [-0.25, -0.2) is 9.36 Å². The van der Waals surface area contributed by atoms with E-state index in [1.807, 2.05) is 18.2 Å². The molecule has 1 aliphatic carbocycles. The van der Waals surface area contributed by atoms with Crippen molar-refractivity contribution in [3.63, 3.8) is 0 Å². The number of benzene rings is 2. The zero-order valence-corrected chi connectivity index (χ0v) is 13.7. The number of hydrogen-bond acceptors (Lipinski definition) is 3. The molecule has 3 aromatic rings. The van der Waals surface area contributed by atoms with Crippen LogP contribution in [0.3, 0.4) is 0 Å². The third kappa shape index (κ3) is 3.01. The van der Waals surface area contributed by atoms with Crippen LogP contribution in [0.1, 0.15) is 30.0 Å². The van der Waals surface area contributed by atoms with Gasteiger partial charge in [0.2, 0.25) is 0 Å². The Morgan fingerprint density at radius 2 is 1.76 bits per heavy atom. The van der Waals surface area contributed by atoms with Gasteiger partial charge in [0.1, 0.15) is 5.82 Å². The Labute approximate surface area is 145 Å². The number of para-hydroxylation sites is 1. The number of anilines is 1. The van der Waals surface area contributed by atoms with E-state index in [1.54, 1.807) is 24.3 Å². The molecule has 0 amide bonds. The summed E-state index contributed by atoms with van der Waals surface area (Å²) in [6, 6.07) is 18.8. The molecule has 126 valence electrons.